The lowest BCUT2D eigenvalue weighted by molar-refractivity contribution is 0.883. The first-order valence-corrected chi connectivity index (χ1v) is 9.93. The summed E-state index contributed by atoms with van der Waals surface area (Å²) in [6, 6.07) is 24.1. The first-order chi connectivity index (χ1) is 12.9. The molecule has 2 heteroatoms. The van der Waals surface area contributed by atoms with Gasteiger partial charge in [-0.15, -0.1) is 11.8 Å². The van der Waals surface area contributed by atoms with Gasteiger partial charge in [-0.1, -0.05) is 66.8 Å². The van der Waals surface area contributed by atoms with Crippen molar-refractivity contribution >= 4 is 33.6 Å². The first kappa shape index (κ1) is 14.5. The van der Waals surface area contributed by atoms with Gasteiger partial charge < -0.3 is 4.57 Å². The second-order valence-electron chi connectivity index (χ2n) is 6.94. The van der Waals surface area contributed by atoms with Gasteiger partial charge in [-0.3, -0.25) is 0 Å². The Balaban J connectivity index is 1.74. The summed E-state index contributed by atoms with van der Waals surface area (Å²) in [4.78, 5) is 1.46. The van der Waals surface area contributed by atoms with Crippen LogP contribution in [0.3, 0.4) is 0 Å². The smallest absolute Gasteiger partial charge is 0.0552 e. The molecule has 0 bridgehead atoms. The molecule has 1 aromatic heterocycles. The molecule has 1 aliphatic carbocycles. The number of hydrogen-bond donors (Lipinski definition) is 0. The summed E-state index contributed by atoms with van der Waals surface area (Å²) in [5.41, 5.74) is 5.28. The molecule has 2 atom stereocenters. The zero-order valence-corrected chi connectivity index (χ0v) is 15.0. The summed E-state index contributed by atoms with van der Waals surface area (Å²) in [5, 5.41) is 3.28. The topological polar surface area (TPSA) is 4.93 Å². The van der Waals surface area contributed by atoms with Crippen LogP contribution >= 0.6 is 11.8 Å². The van der Waals surface area contributed by atoms with E-state index in [9.17, 15) is 0 Å². The van der Waals surface area contributed by atoms with Gasteiger partial charge in [-0.2, -0.15) is 0 Å². The number of para-hydroxylation sites is 2. The number of thioether (sulfide) groups is 1. The molecule has 0 saturated carbocycles. The van der Waals surface area contributed by atoms with Crippen LogP contribution in [0.15, 0.2) is 95.9 Å². The molecule has 6 rings (SSSR count). The molecule has 124 valence electrons. The Hall–Kier alpha value is -2.71. The van der Waals surface area contributed by atoms with Crippen LogP contribution in [-0.4, -0.2) is 9.82 Å². The van der Waals surface area contributed by atoms with E-state index < -0.39 is 0 Å². The van der Waals surface area contributed by atoms with Gasteiger partial charge in [0.05, 0.1) is 11.0 Å². The van der Waals surface area contributed by atoms with Gasteiger partial charge in [-0.25, -0.2) is 0 Å². The second kappa shape index (κ2) is 5.39. The van der Waals surface area contributed by atoms with Gasteiger partial charge >= 0.3 is 0 Å². The number of benzene rings is 3. The average molecular weight is 351 g/mol. The van der Waals surface area contributed by atoms with E-state index in [-0.39, 0.29) is 0 Å². The van der Waals surface area contributed by atoms with Crippen LogP contribution in [0.1, 0.15) is 11.5 Å². The highest BCUT2D eigenvalue weighted by atomic mass is 32.2. The molecule has 0 amide bonds. The van der Waals surface area contributed by atoms with Crippen molar-refractivity contribution in [3.05, 3.63) is 96.6 Å². The molecular formula is C24H17NS. The van der Waals surface area contributed by atoms with E-state index in [1.807, 2.05) is 11.8 Å². The van der Waals surface area contributed by atoms with Crippen LogP contribution in [0, 0.1) is 0 Å². The van der Waals surface area contributed by atoms with E-state index in [0.717, 1.165) is 0 Å². The SMILES string of the molecule is C1=CC2Sc3c(ccc4c3c3ccccc3n4-c3ccccc3)C2C=C1. The van der Waals surface area contributed by atoms with Crippen LogP contribution < -0.4 is 0 Å². The summed E-state index contributed by atoms with van der Waals surface area (Å²) in [7, 11) is 0. The maximum atomic E-state index is 2.40. The van der Waals surface area contributed by atoms with Gasteiger partial charge in [0.1, 0.15) is 0 Å². The number of nitrogens with zero attached hydrogens (tertiary/aromatic N) is 1. The lowest BCUT2D eigenvalue weighted by Gasteiger charge is -2.14. The number of rotatable bonds is 1. The van der Waals surface area contributed by atoms with Crippen molar-refractivity contribution in [2.75, 3.05) is 0 Å². The quantitative estimate of drug-likeness (QED) is 0.380. The Morgan fingerprint density at radius 2 is 1.54 bits per heavy atom. The third kappa shape index (κ3) is 1.88. The van der Waals surface area contributed by atoms with E-state index in [4.69, 9.17) is 0 Å². The highest BCUT2D eigenvalue weighted by Crippen LogP contribution is 2.52. The largest absolute Gasteiger partial charge is 0.309 e. The summed E-state index contributed by atoms with van der Waals surface area (Å²) in [6.07, 6.45) is 9.07. The summed E-state index contributed by atoms with van der Waals surface area (Å²) >= 11 is 2.02. The molecule has 0 spiro atoms. The molecule has 0 N–H and O–H groups in total. The zero-order chi connectivity index (χ0) is 17.1. The lowest BCUT2D eigenvalue weighted by atomic mass is 9.91. The number of fused-ring (bicyclic) bond motifs is 7. The van der Waals surface area contributed by atoms with Crippen molar-refractivity contribution in [2.24, 2.45) is 0 Å². The van der Waals surface area contributed by atoms with Gasteiger partial charge in [0.25, 0.3) is 0 Å². The number of aromatic nitrogens is 1. The van der Waals surface area contributed by atoms with Gasteiger partial charge in [0.2, 0.25) is 0 Å². The van der Waals surface area contributed by atoms with Crippen molar-refractivity contribution in [3.63, 3.8) is 0 Å². The second-order valence-corrected chi connectivity index (χ2v) is 8.13. The molecule has 0 radical (unpaired) electrons. The first-order valence-electron chi connectivity index (χ1n) is 9.05. The van der Waals surface area contributed by atoms with E-state index in [1.165, 1.54) is 38.0 Å². The third-order valence-corrected chi connectivity index (χ3v) is 6.93. The van der Waals surface area contributed by atoms with Gasteiger partial charge in [0, 0.05) is 32.5 Å². The number of allylic oxidation sites excluding steroid dienone is 3. The molecule has 0 saturated heterocycles. The summed E-state index contributed by atoms with van der Waals surface area (Å²) in [5.74, 6) is 0.503. The average Bonchev–Trinajstić information content (AvgIpc) is 3.24. The molecule has 2 aliphatic rings. The van der Waals surface area contributed by atoms with E-state index in [2.05, 4.69) is 95.6 Å². The predicted molar refractivity (Wildman–Crippen MR) is 111 cm³/mol. The molecule has 2 heterocycles. The molecule has 1 nitrogen and oxygen atoms in total. The fourth-order valence-electron chi connectivity index (χ4n) is 4.41. The fraction of sp³-hybridized carbons (Fsp3) is 0.0833. The van der Waals surface area contributed by atoms with Crippen LogP contribution in [-0.2, 0) is 0 Å². The summed E-state index contributed by atoms with van der Waals surface area (Å²) < 4.78 is 2.40. The van der Waals surface area contributed by atoms with Crippen molar-refractivity contribution < 1.29 is 0 Å². The molecular weight excluding hydrogens is 334 g/mol. The Bertz CT molecular complexity index is 1210. The Kier molecular flexibility index (Phi) is 3.00. The standard InChI is InChI=1S/C24H17NS/c1-2-8-16(9-3-1)25-20-12-6-4-11-19(20)23-21(25)15-14-18-17-10-5-7-13-22(17)26-24(18)23/h1-15,17,22H. The zero-order valence-electron chi connectivity index (χ0n) is 14.2. The summed E-state index contributed by atoms with van der Waals surface area (Å²) in [6.45, 7) is 0. The van der Waals surface area contributed by atoms with Crippen LogP contribution in [0.4, 0.5) is 0 Å². The fourth-order valence-corrected chi connectivity index (χ4v) is 5.90. The van der Waals surface area contributed by atoms with Crippen LogP contribution in [0.25, 0.3) is 27.5 Å². The molecule has 1 aliphatic heterocycles. The highest BCUT2D eigenvalue weighted by Gasteiger charge is 2.33. The molecule has 3 aromatic carbocycles. The minimum Gasteiger partial charge on any atom is -0.309 e. The molecule has 2 unspecified atom stereocenters. The van der Waals surface area contributed by atoms with Gasteiger partial charge in [-0.05, 0) is 29.8 Å². The van der Waals surface area contributed by atoms with Crippen molar-refractivity contribution in [1.82, 2.24) is 4.57 Å². The predicted octanol–water partition coefficient (Wildman–Crippen LogP) is 6.47. The van der Waals surface area contributed by atoms with Crippen LogP contribution in [0.2, 0.25) is 0 Å². The Morgan fingerprint density at radius 1 is 0.731 bits per heavy atom. The Labute approximate surface area is 156 Å². The lowest BCUT2D eigenvalue weighted by Crippen LogP contribution is -2.06. The minimum atomic E-state index is 0.503. The van der Waals surface area contributed by atoms with Crippen molar-refractivity contribution in [1.29, 1.82) is 0 Å². The minimum absolute atomic E-state index is 0.503. The normalized spacial score (nSPS) is 20.6. The van der Waals surface area contributed by atoms with Crippen LogP contribution in [0.5, 0.6) is 0 Å². The van der Waals surface area contributed by atoms with Crippen molar-refractivity contribution in [2.45, 2.75) is 16.1 Å². The molecule has 4 aromatic rings. The molecule has 26 heavy (non-hydrogen) atoms. The Morgan fingerprint density at radius 3 is 2.46 bits per heavy atom. The highest BCUT2D eigenvalue weighted by molar-refractivity contribution is 8.00. The van der Waals surface area contributed by atoms with Gasteiger partial charge in [0.15, 0.2) is 0 Å². The maximum absolute atomic E-state index is 2.40. The monoisotopic (exact) mass is 351 g/mol. The van der Waals surface area contributed by atoms with E-state index in [1.54, 1.807) is 0 Å². The third-order valence-electron chi connectivity index (χ3n) is 5.53. The van der Waals surface area contributed by atoms with E-state index in [0.29, 0.717) is 11.2 Å². The number of hydrogen-bond acceptors (Lipinski definition) is 1. The van der Waals surface area contributed by atoms with Crippen molar-refractivity contribution in [3.8, 4) is 5.69 Å². The maximum Gasteiger partial charge on any atom is 0.0552 e. The van der Waals surface area contributed by atoms with E-state index >= 15 is 0 Å². The molecule has 0 fully saturated rings.